The minimum Gasteiger partial charge on any atom is -0.452 e. The number of aromatic nitrogens is 2. The number of halogens is 2. The molecule has 0 fully saturated rings. The molecule has 0 saturated carbocycles. The van der Waals surface area contributed by atoms with Crippen LogP contribution in [0.2, 0.25) is 5.15 Å². The van der Waals surface area contributed by atoms with Crippen molar-refractivity contribution in [3.8, 4) is 11.8 Å². The Morgan fingerprint density at radius 3 is 2.68 bits per heavy atom. The van der Waals surface area contributed by atoms with Crippen LogP contribution in [0.1, 0.15) is 16.1 Å². The Kier molecular flexibility index (Phi) is 7.28. The number of thioether (sulfide) groups is 1. The van der Waals surface area contributed by atoms with E-state index in [4.69, 9.17) is 21.6 Å². The van der Waals surface area contributed by atoms with Gasteiger partial charge in [-0.2, -0.15) is 10.4 Å². The Balaban J connectivity index is 1.67. The molecule has 0 aliphatic rings. The van der Waals surface area contributed by atoms with Crippen molar-refractivity contribution < 1.29 is 18.7 Å². The molecule has 0 atom stereocenters. The van der Waals surface area contributed by atoms with E-state index >= 15 is 0 Å². The highest BCUT2D eigenvalue weighted by molar-refractivity contribution is 7.99. The monoisotopic (exact) mass is 458 g/mol. The highest BCUT2D eigenvalue weighted by Crippen LogP contribution is 2.27. The average molecular weight is 459 g/mol. The molecule has 0 unspecified atom stereocenters. The second-order valence-corrected chi connectivity index (χ2v) is 7.58. The van der Waals surface area contributed by atoms with Crippen LogP contribution in [0.15, 0.2) is 53.4 Å². The lowest BCUT2D eigenvalue weighted by Crippen LogP contribution is -2.21. The highest BCUT2D eigenvalue weighted by Gasteiger charge is 2.23. The topological polar surface area (TPSA) is 97.0 Å². The number of aryl methyl sites for hydroxylation is 1. The van der Waals surface area contributed by atoms with Gasteiger partial charge in [0.2, 0.25) is 0 Å². The van der Waals surface area contributed by atoms with E-state index in [0.717, 1.165) is 4.90 Å². The smallest absolute Gasteiger partial charge is 0.343 e. The SMILES string of the molecule is Cc1nn(-c2ccc(F)cc2)c(Cl)c1C(=O)OCC(=O)Nc1ccccc1SCC#N. The molecular weight excluding hydrogens is 443 g/mol. The van der Waals surface area contributed by atoms with Gasteiger partial charge in [0.05, 0.1) is 28.9 Å². The largest absolute Gasteiger partial charge is 0.452 e. The van der Waals surface area contributed by atoms with Gasteiger partial charge >= 0.3 is 5.97 Å². The van der Waals surface area contributed by atoms with E-state index in [2.05, 4.69) is 10.4 Å². The zero-order valence-corrected chi connectivity index (χ0v) is 17.8. The molecule has 0 aliphatic carbocycles. The van der Waals surface area contributed by atoms with E-state index in [1.807, 2.05) is 6.07 Å². The molecule has 1 N–H and O–H groups in total. The Morgan fingerprint density at radius 1 is 1.26 bits per heavy atom. The van der Waals surface area contributed by atoms with Crippen LogP contribution in [-0.4, -0.2) is 34.0 Å². The van der Waals surface area contributed by atoms with Gasteiger partial charge in [-0.3, -0.25) is 4.79 Å². The molecule has 0 radical (unpaired) electrons. The molecule has 158 valence electrons. The number of ether oxygens (including phenoxy) is 1. The summed E-state index contributed by atoms with van der Waals surface area (Å²) in [6, 6.07) is 14.5. The summed E-state index contributed by atoms with van der Waals surface area (Å²) in [5.74, 6) is -1.53. The van der Waals surface area contributed by atoms with Crippen molar-refractivity contribution in [1.82, 2.24) is 9.78 Å². The van der Waals surface area contributed by atoms with Crippen molar-refractivity contribution in [2.75, 3.05) is 17.7 Å². The van der Waals surface area contributed by atoms with Gasteiger partial charge in [-0.15, -0.1) is 11.8 Å². The summed E-state index contributed by atoms with van der Waals surface area (Å²) in [5.41, 5.74) is 1.31. The van der Waals surface area contributed by atoms with Crippen molar-refractivity contribution in [2.45, 2.75) is 11.8 Å². The zero-order valence-electron chi connectivity index (χ0n) is 16.3. The fourth-order valence-corrected chi connectivity index (χ4v) is 3.70. The minimum absolute atomic E-state index is 0.00670. The number of hydrogen-bond donors (Lipinski definition) is 1. The van der Waals surface area contributed by atoms with Crippen molar-refractivity contribution >= 4 is 40.9 Å². The maximum absolute atomic E-state index is 13.1. The summed E-state index contributed by atoms with van der Waals surface area (Å²) in [6.07, 6.45) is 0. The van der Waals surface area contributed by atoms with Crippen LogP contribution in [0.3, 0.4) is 0 Å². The van der Waals surface area contributed by atoms with Gasteiger partial charge in [-0.1, -0.05) is 23.7 Å². The first-order valence-corrected chi connectivity index (χ1v) is 10.3. The number of nitrogens with one attached hydrogen (secondary N) is 1. The molecule has 0 bridgehead atoms. The first-order chi connectivity index (χ1) is 14.9. The Labute approximate surface area is 186 Å². The summed E-state index contributed by atoms with van der Waals surface area (Å²) in [6.45, 7) is 1.04. The predicted octanol–water partition coefficient (Wildman–Crippen LogP) is 4.38. The zero-order chi connectivity index (χ0) is 22.4. The van der Waals surface area contributed by atoms with E-state index in [1.165, 1.54) is 40.7 Å². The van der Waals surface area contributed by atoms with Gasteiger partial charge in [0.1, 0.15) is 16.5 Å². The van der Waals surface area contributed by atoms with Crippen molar-refractivity contribution in [3.05, 3.63) is 70.8 Å². The van der Waals surface area contributed by atoms with Gasteiger partial charge in [-0.05, 0) is 43.3 Å². The van der Waals surface area contributed by atoms with E-state index < -0.39 is 24.3 Å². The fraction of sp³-hybridized carbons (Fsp3) is 0.143. The Bertz CT molecular complexity index is 1160. The lowest BCUT2D eigenvalue weighted by molar-refractivity contribution is -0.119. The fourth-order valence-electron chi connectivity index (χ4n) is 2.68. The second kappa shape index (κ2) is 10.1. The van der Waals surface area contributed by atoms with Crippen molar-refractivity contribution in [3.63, 3.8) is 0 Å². The molecular formula is C21H16ClFN4O3S. The van der Waals surface area contributed by atoms with Gasteiger partial charge in [0, 0.05) is 4.90 Å². The minimum atomic E-state index is -0.807. The van der Waals surface area contributed by atoms with Gasteiger partial charge in [-0.25, -0.2) is 13.9 Å². The average Bonchev–Trinajstić information content (AvgIpc) is 3.06. The number of nitriles is 1. The second-order valence-electron chi connectivity index (χ2n) is 6.21. The summed E-state index contributed by atoms with van der Waals surface area (Å²) < 4.78 is 19.5. The molecule has 1 heterocycles. The number of rotatable bonds is 7. The Morgan fingerprint density at radius 2 is 1.97 bits per heavy atom. The van der Waals surface area contributed by atoms with Gasteiger partial charge < -0.3 is 10.1 Å². The lowest BCUT2D eigenvalue weighted by atomic mass is 10.2. The van der Waals surface area contributed by atoms with Crippen molar-refractivity contribution in [2.24, 2.45) is 0 Å². The number of hydrogen-bond acceptors (Lipinski definition) is 6. The number of nitrogens with zero attached hydrogens (tertiary/aromatic N) is 3. The number of anilines is 1. The molecule has 3 rings (SSSR count). The summed E-state index contributed by atoms with van der Waals surface area (Å²) in [7, 11) is 0. The number of esters is 1. The third-order valence-electron chi connectivity index (χ3n) is 4.07. The molecule has 7 nitrogen and oxygen atoms in total. The Hall–Kier alpha value is -3.35. The van der Waals surface area contributed by atoms with Crippen LogP contribution in [0, 0.1) is 24.1 Å². The first-order valence-electron chi connectivity index (χ1n) is 8.97. The molecule has 2 aromatic carbocycles. The molecule has 0 aliphatic heterocycles. The predicted molar refractivity (Wildman–Crippen MR) is 115 cm³/mol. The lowest BCUT2D eigenvalue weighted by Gasteiger charge is -2.10. The van der Waals surface area contributed by atoms with E-state index in [1.54, 1.807) is 31.2 Å². The highest BCUT2D eigenvalue weighted by atomic mass is 35.5. The van der Waals surface area contributed by atoms with Gasteiger partial charge in [0.25, 0.3) is 5.91 Å². The third kappa shape index (κ3) is 5.42. The van der Waals surface area contributed by atoms with E-state index in [-0.39, 0.29) is 16.5 Å². The normalized spacial score (nSPS) is 10.4. The molecule has 1 amide bonds. The van der Waals surface area contributed by atoms with Gasteiger partial charge in [0.15, 0.2) is 6.61 Å². The van der Waals surface area contributed by atoms with E-state index in [0.29, 0.717) is 17.1 Å². The maximum Gasteiger partial charge on any atom is 0.343 e. The molecule has 1 aromatic heterocycles. The number of carbonyl (C=O) groups is 2. The molecule has 31 heavy (non-hydrogen) atoms. The van der Waals surface area contributed by atoms with Crippen LogP contribution in [-0.2, 0) is 9.53 Å². The number of benzene rings is 2. The van der Waals surface area contributed by atoms with Crippen molar-refractivity contribution in [1.29, 1.82) is 5.26 Å². The standard InChI is InChI=1S/C21H16ClFN4O3S/c1-13-19(20(22)27(26-13)15-8-6-14(23)7-9-15)21(29)30-12-18(28)25-16-4-2-3-5-17(16)31-11-10-24/h2-9H,11-12H2,1H3,(H,25,28). The molecule has 0 saturated heterocycles. The van der Waals surface area contributed by atoms with Crippen LogP contribution >= 0.6 is 23.4 Å². The summed E-state index contributed by atoms with van der Waals surface area (Å²) >= 11 is 7.57. The quantitative estimate of drug-likeness (QED) is 0.416. The third-order valence-corrected chi connectivity index (χ3v) is 5.36. The number of para-hydroxylation sites is 1. The maximum atomic E-state index is 13.1. The summed E-state index contributed by atoms with van der Waals surface area (Å²) in [4.78, 5) is 25.5. The van der Waals surface area contributed by atoms with Crippen LogP contribution in [0.25, 0.3) is 5.69 Å². The number of amides is 1. The number of carbonyl (C=O) groups excluding carboxylic acids is 2. The molecule has 10 heteroatoms. The van der Waals surface area contributed by atoms with Crippen LogP contribution < -0.4 is 5.32 Å². The molecule has 3 aromatic rings. The summed E-state index contributed by atoms with van der Waals surface area (Å²) in [5, 5.41) is 15.6. The van der Waals surface area contributed by atoms with E-state index in [9.17, 15) is 14.0 Å². The molecule has 0 spiro atoms. The first kappa shape index (κ1) is 22.3. The van der Waals surface area contributed by atoms with Crippen LogP contribution in [0.5, 0.6) is 0 Å². The van der Waals surface area contributed by atoms with Crippen LogP contribution in [0.4, 0.5) is 10.1 Å².